The third kappa shape index (κ3) is 4.17. The molecule has 0 spiro atoms. The monoisotopic (exact) mass is 330 g/mol. The fourth-order valence-electron chi connectivity index (χ4n) is 2.82. The highest BCUT2D eigenvalue weighted by Crippen LogP contribution is 2.41. The minimum absolute atomic E-state index is 0.244. The lowest BCUT2D eigenvalue weighted by atomic mass is 9.75. The Kier molecular flexibility index (Phi) is 5.01. The maximum atomic E-state index is 6.36. The van der Waals surface area contributed by atoms with E-state index in [1.165, 1.54) is 16.6 Å². The van der Waals surface area contributed by atoms with E-state index < -0.39 is 8.07 Å². The summed E-state index contributed by atoms with van der Waals surface area (Å²) in [6.07, 6.45) is 0. The summed E-state index contributed by atoms with van der Waals surface area (Å²) in [5, 5.41) is 0. The van der Waals surface area contributed by atoms with E-state index in [9.17, 15) is 0 Å². The molecule has 1 heterocycles. The molecule has 1 aromatic carbocycles. The molecule has 126 valence electrons. The molecule has 23 heavy (non-hydrogen) atoms. The van der Waals surface area contributed by atoms with Gasteiger partial charge in [-0.1, -0.05) is 50.0 Å². The average molecular weight is 330 g/mol. The Morgan fingerprint density at radius 2 is 1.43 bits per heavy atom. The van der Waals surface area contributed by atoms with E-state index in [-0.39, 0.29) is 18.3 Å². The minimum Gasteiger partial charge on any atom is -0.400 e. The number of rotatable bonds is 4. The molecule has 2 nitrogen and oxygen atoms in total. The van der Waals surface area contributed by atoms with E-state index >= 15 is 0 Å². The number of hydrogen-bond donors (Lipinski definition) is 0. The van der Waals surface area contributed by atoms with Crippen molar-refractivity contribution in [3.63, 3.8) is 0 Å². The molecule has 0 aliphatic carbocycles. The molecule has 0 radical (unpaired) electrons. The van der Waals surface area contributed by atoms with Gasteiger partial charge in [-0.25, -0.2) is 0 Å². The Bertz CT molecular complexity index is 569. The largest absolute Gasteiger partial charge is 0.490 e. The maximum Gasteiger partial charge on any atom is 0.490 e. The van der Waals surface area contributed by atoms with Crippen molar-refractivity contribution >= 4 is 20.8 Å². The van der Waals surface area contributed by atoms with Crippen LogP contribution in [0, 0.1) is 0 Å². The van der Waals surface area contributed by atoms with Crippen LogP contribution in [0.1, 0.15) is 40.2 Å². The van der Waals surface area contributed by atoms with Gasteiger partial charge in [-0.2, -0.15) is 0 Å². The third-order valence-corrected chi connectivity index (χ3v) is 6.39. The van der Waals surface area contributed by atoms with Crippen LogP contribution in [0.4, 0.5) is 0 Å². The summed E-state index contributed by atoms with van der Waals surface area (Å²) >= 11 is 0. The summed E-state index contributed by atoms with van der Waals surface area (Å²) in [5.74, 6) is 0. The first-order chi connectivity index (χ1) is 10.4. The highest BCUT2D eigenvalue weighted by molar-refractivity contribution is 6.78. The quantitative estimate of drug-likeness (QED) is 0.685. The molecule has 1 fully saturated rings. The first kappa shape index (κ1) is 18.5. The molecule has 0 saturated carbocycles. The second kappa shape index (κ2) is 6.23. The summed E-state index contributed by atoms with van der Waals surface area (Å²) in [6, 6.07) is 11.7. The maximum absolute atomic E-state index is 6.36. The van der Waals surface area contributed by atoms with Crippen molar-refractivity contribution in [2.24, 2.45) is 0 Å². The van der Waals surface area contributed by atoms with Crippen LogP contribution in [0.5, 0.6) is 0 Å². The lowest BCUT2D eigenvalue weighted by Gasteiger charge is -2.32. The van der Waals surface area contributed by atoms with Gasteiger partial charge in [0.2, 0.25) is 0 Å². The van der Waals surface area contributed by atoms with E-state index in [4.69, 9.17) is 9.31 Å². The highest BCUT2D eigenvalue weighted by atomic mass is 28.3. The van der Waals surface area contributed by atoms with E-state index in [1.807, 2.05) is 0 Å². The Morgan fingerprint density at radius 3 is 1.87 bits per heavy atom. The van der Waals surface area contributed by atoms with Crippen molar-refractivity contribution in [3.8, 4) is 0 Å². The molecule has 1 saturated heterocycles. The fourth-order valence-corrected chi connectivity index (χ4v) is 4.40. The topological polar surface area (TPSA) is 18.5 Å². The van der Waals surface area contributed by atoms with Gasteiger partial charge in [0, 0.05) is 8.07 Å². The number of allylic oxidation sites excluding steroid dienone is 2. The first-order valence-corrected chi connectivity index (χ1v) is 12.2. The molecule has 0 N–H and O–H groups in total. The average Bonchev–Trinajstić information content (AvgIpc) is 2.64. The zero-order valence-corrected chi connectivity index (χ0v) is 17.0. The van der Waals surface area contributed by atoms with Gasteiger partial charge < -0.3 is 9.31 Å². The molecule has 0 amide bonds. The zero-order chi connectivity index (χ0) is 17.5. The molecule has 1 aromatic rings. The van der Waals surface area contributed by atoms with E-state index in [0.29, 0.717) is 0 Å². The van der Waals surface area contributed by atoms with Gasteiger partial charge in [0.25, 0.3) is 0 Å². The Balaban J connectivity index is 2.45. The van der Waals surface area contributed by atoms with Crippen LogP contribution in [-0.4, -0.2) is 26.4 Å². The lowest BCUT2D eigenvalue weighted by Crippen LogP contribution is -2.41. The van der Waals surface area contributed by atoms with E-state index in [1.54, 1.807) is 0 Å². The van der Waals surface area contributed by atoms with Crippen molar-refractivity contribution in [1.29, 1.82) is 0 Å². The predicted molar refractivity (Wildman–Crippen MR) is 103 cm³/mol. The number of benzene rings is 1. The minimum atomic E-state index is -1.29. The molecule has 1 aliphatic rings. The van der Waals surface area contributed by atoms with Crippen LogP contribution in [0.25, 0.3) is 5.57 Å². The van der Waals surface area contributed by atoms with Crippen LogP contribution >= 0.6 is 0 Å². The molecule has 1 aliphatic heterocycles. The predicted octanol–water partition coefficient (Wildman–Crippen LogP) is 5.43. The Labute approximate surface area is 143 Å². The van der Waals surface area contributed by atoms with Gasteiger partial charge in [-0.05, 0) is 57.3 Å². The van der Waals surface area contributed by atoms with Crippen molar-refractivity contribution in [3.05, 3.63) is 41.4 Å². The van der Waals surface area contributed by atoms with Crippen LogP contribution in [0.2, 0.25) is 25.7 Å². The molecular weight excluding hydrogens is 299 g/mol. The Hall–Kier alpha value is -0.838. The summed E-state index contributed by atoms with van der Waals surface area (Å²) in [4.78, 5) is 0. The van der Waals surface area contributed by atoms with Crippen LogP contribution in [0.3, 0.4) is 0 Å². The van der Waals surface area contributed by atoms with Gasteiger partial charge >= 0.3 is 7.12 Å². The summed E-state index contributed by atoms with van der Waals surface area (Å²) in [6.45, 7) is 17.9. The van der Waals surface area contributed by atoms with Gasteiger partial charge in [-0.3, -0.25) is 0 Å². The third-order valence-electron chi connectivity index (χ3n) is 4.95. The molecule has 0 aromatic heterocycles. The molecular formula is C19H31BO2Si. The lowest BCUT2D eigenvalue weighted by molar-refractivity contribution is 0.00578. The standard InChI is InChI=1S/C19H31BO2Si/c1-15(16-12-10-9-11-13-16)17(14-23(6,7)8)20-21-18(2,3)19(4,5)22-20/h9-13H,14H2,1-8H3/b17-15-. The Morgan fingerprint density at radius 1 is 0.957 bits per heavy atom. The second-order valence-corrected chi connectivity index (χ2v) is 14.3. The second-order valence-electron chi connectivity index (χ2n) is 8.84. The molecule has 0 bridgehead atoms. The molecule has 0 atom stereocenters. The van der Waals surface area contributed by atoms with Gasteiger partial charge in [-0.15, -0.1) is 0 Å². The highest BCUT2D eigenvalue weighted by Gasteiger charge is 2.53. The van der Waals surface area contributed by atoms with Gasteiger partial charge in [0.15, 0.2) is 0 Å². The molecule has 2 rings (SSSR count). The van der Waals surface area contributed by atoms with Crippen LogP contribution in [-0.2, 0) is 9.31 Å². The summed E-state index contributed by atoms with van der Waals surface area (Å²) < 4.78 is 12.7. The normalized spacial score (nSPS) is 21.3. The van der Waals surface area contributed by atoms with Crippen LogP contribution in [0.15, 0.2) is 35.8 Å². The molecule has 0 unspecified atom stereocenters. The first-order valence-electron chi connectivity index (χ1n) is 8.54. The fraction of sp³-hybridized carbons (Fsp3) is 0.579. The zero-order valence-electron chi connectivity index (χ0n) is 16.0. The van der Waals surface area contributed by atoms with Gasteiger partial charge in [0.05, 0.1) is 11.2 Å². The van der Waals surface area contributed by atoms with Gasteiger partial charge in [0.1, 0.15) is 0 Å². The SMILES string of the molecule is C/C(=C(\C[Si](C)(C)C)B1OC(C)(C)C(C)(C)O1)c1ccccc1. The van der Waals surface area contributed by atoms with Crippen molar-refractivity contribution in [1.82, 2.24) is 0 Å². The van der Waals surface area contributed by atoms with Crippen LogP contribution < -0.4 is 0 Å². The summed E-state index contributed by atoms with van der Waals surface area (Å²) in [7, 11) is -1.54. The smallest absolute Gasteiger partial charge is 0.400 e. The van der Waals surface area contributed by atoms with E-state index in [2.05, 4.69) is 84.6 Å². The molecule has 4 heteroatoms. The van der Waals surface area contributed by atoms with Crippen molar-refractivity contribution < 1.29 is 9.31 Å². The number of hydrogen-bond acceptors (Lipinski definition) is 2. The van der Waals surface area contributed by atoms with E-state index in [0.717, 1.165) is 6.04 Å². The van der Waals surface area contributed by atoms with Crippen molar-refractivity contribution in [2.45, 2.75) is 71.5 Å². The van der Waals surface area contributed by atoms with Crippen molar-refractivity contribution in [2.75, 3.05) is 0 Å². The summed E-state index contributed by atoms with van der Waals surface area (Å²) in [5.41, 5.74) is 3.29.